The minimum absolute atomic E-state index is 0.183. The van der Waals surface area contributed by atoms with Crippen LogP contribution in [0.15, 0.2) is 33.8 Å². The zero-order valence-electron chi connectivity index (χ0n) is 18.0. The summed E-state index contributed by atoms with van der Waals surface area (Å²) in [4.78, 5) is 22.3. The van der Waals surface area contributed by atoms with Crippen molar-refractivity contribution >= 4 is 33.9 Å². The predicted octanol–water partition coefficient (Wildman–Crippen LogP) is 2.88. The maximum atomic E-state index is 12.1. The van der Waals surface area contributed by atoms with Gasteiger partial charge in [-0.25, -0.2) is 5.43 Å². The van der Waals surface area contributed by atoms with Crippen molar-refractivity contribution in [2.75, 3.05) is 7.11 Å². The van der Waals surface area contributed by atoms with Crippen LogP contribution in [0.2, 0.25) is 0 Å². The summed E-state index contributed by atoms with van der Waals surface area (Å²) in [6.07, 6.45) is 1.51. The van der Waals surface area contributed by atoms with Gasteiger partial charge in [0.2, 0.25) is 0 Å². The van der Waals surface area contributed by atoms with Gasteiger partial charge in [0.15, 0.2) is 0 Å². The summed E-state index contributed by atoms with van der Waals surface area (Å²) in [5, 5.41) is 23.1. The van der Waals surface area contributed by atoms with Crippen LogP contribution in [-0.4, -0.2) is 43.7 Å². The molecule has 0 bridgehead atoms. The zero-order valence-corrected chi connectivity index (χ0v) is 19.6. The molecule has 1 aromatic carbocycles. The molecular formula is C20H22BrN7O4. The van der Waals surface area contributed by atoms with E-state index in [4.69, 9.17) is 4.74 Å². The highest BCUT2D eigenvalue weighted by Gasteiger charge is 2.17. The topological polar surface area (TPSA) is 129 Å². The molecule has 12 heteroatoms. The van der Waals surface area contributed by atoms with E-state index in [9.17, 15) is 14.9 Å². The number of carbonyl (C=O) groups excluding carboxylic acids is 1. The zero-order chi connectivity index (χ0) is 23.4. The van der Waals surface area contributed by atoms with Crippen LogP contribution >= 0.6 is 15.9 Å². The van der Waals surface area contributed by atoms with E-state index < -0.39 is 10.8 Å². The largest absolute Gasteiger partial charge is 0.496 e. The number of methoxy groups -OCH3 is 1. The summed E-state index contributed by atoms with van der Waals surface area (Å²) in [7, 11) is 1.60. The van der Waals surface area contributed by atoms with E-state index in [1.165, 1.54) is 17.0 Å². The fraction of sp³-hybridized carbons (Fsp3) is 0.300. The van der Waals surface area contributed by atoms with E-state index in [1.807, 2.05) is 36.7 Å². The molecule has 3 aromatic rings. The average molecular weight is 504 g/mol. The van der Waals surface area contributed by atoms with Gasteiger partial charge in [-0.05, 0) is 65.4 Å². The van der Waals surface area contributed by atoms with Crippen molar-refractivity contribution in [2.24, 2.45) is 5.10 Å². The first-order valence-electron chi connectivity index (χ1n) is 9.56. The summed E-state index contributed by atoms with van der Waals surface area (Å²) >= 11 is 3.53. The average Bonchev–Trinajstić information content (AvgIpc) is 3.23. The number of aromatic nitrogens is 4. The second-order valence-corrected chi connectivity index (χ2v) is 7.86. The number of rotatable bonds is 8. The van der Waals surface area contributed by atoms with Gasteiger partial charge in [0.25, 0.3) is 5.91 Å². The van der Waals surface area contributed by atoms with Gasteiger partial charge in [0.1, 0.15) is 12.3 Å². The molecule has 0 spiro atoms. The third kappa shape index (κ3) is 5.19. The molecule has 0 saturated carbocycles. The summed E-state index contributed by atoms with van der Waals surface area (Å²) in [6, 6.07) is 6.85. The highest BCUT2D eigenvalue weighted by Crippen LogP contribution is 2.24. The monoisotopic (exact) mass is 503 g/mol. The third-order valence-electron chi connectivity index (χ3n) is 4.77. The number of ether oxygens (including phenoxy) is 1. The van der Waals surface area contributed by atoms with Gasteiger partial charge in [0, 0.05) is 5.56 Å². The molecule has 0 saturated heterocycles. The number of aryl methyl sites for hydroxylation is 2. The number of amides is 1. The van der Waals surface area contributed by atoms with E-state index in [0.29, 0.717) is 18.0 Å². The number of halogens is 1. The first kappa shape index (κ1) is 23.1. The Morgan fingerprint density at radius 3 is 2.62 bits per heavy atom. The summed E-state index contributed by atoms with van der Waals surface area (Å²) in [6.45, 7) is 5.87. The molecule has 3 rings (SSSR count). The first-order chi connectivity index (χ1) is 15.2. The Hall–Kier alpha value is -3.54. The van der Waals surface area contributed by atoms with Crippen molar-refractivity contribution < 1.29 is 14.5 Å². The molecular weight excluding hydrogens is 482 g/mol. The molecule has 0 unspecified atom stereocenters. The van der Waals surface area contributed by atoms with Gasteiger partial charge in [0.05, 0.1) is 52.6 Å². The minimum atomic E-state index is -0.606. The van der Waals surface area contributed by atoms with Crippen LogP contribution in [0.1, 0.15) is 28.2 Å². The van der Waals surface area contributed by atoms with Crippen molar-refractivity contribution in [1.82, 2.24) is 25.0 Å². The first-order valence-corrected chi connectivity index (χ1v) is 10.4. The van der Waals surface area contributed by atoms with Crippen molar-refractivity contribution in [3.63, 3.8) is 0 Å². The van der Waals surface area contributed by atoms with Gasteiger partial charge in [-0.2, -0.15) is 14.9 Å². The van der Waals surface area contributed by atoms with Crippen molar-refractivity contribution in [1.29, 1.82) is 0 Å². The van der Waals surface area contributed by atoms with Gasteiger partial charge < -0.3 is 14.9 Å². The molecule has 0 aliphatic heterocycles. The summed E-state index contributed by atoms with van der Waals surface area (Å²) in [5.41, 5.74) is 6.48. The highest BCUT2D eigenvalue weighted by molar-refractivity contribution is 9.10. The second-order valence-electron chi connectivity index (χ2n) is 7.07. The number of hydrogen-bond donors (Lipinski definition) is 1. The third-order valence-corrected chi connectivity index (χ3v) is 5.92. The number of benzene rings is 1. The molecule has 2 aromatic heterocycles. The van der Waals surface area contributed by atoms with E-state index in [-0.39, 0.29) is 12.4 Å². The Labute approximate surface area is 192 Å². The highest BCUT2D eigenvalue weighted by atomic mass is 79.9. The van der Waals surface area contributed by atoms with Gasteiger partial charge in [-0.3, -0.25) is 9.48 Å². The molecule has 1 amide bonds. The quantitative estimate of drug-likeness (QED) is 0.285. The van der Waals surface area contributed by atoms with Crippen LogP contribution in [-0.2, 0) is 17.9 Å². The van der Waals surface area contributed by atoms with Crippen LogP contribution in [0.3, 0.4) is 0 Å². The van der Waals surface area contributed by atoms with Gasteiger partial charge >= 0.3 is 5.82 Å². The minimum Gasteiger partial charge on any atom is -0.496 e. The summed E-state index contributed by atoms with van der Waals surface area (Å²) < 4.78 is 9.56. The van der Waals surface area contributed by atoms with E-state index in [1.54, 1.807) is 14.0 Å². The molecule has 2 heterocycles. The molecule has 0 fully saturated rings. The smallest absolute Gasteiger partial charge is 0.390 e. The molecule has 168 valence electrons. The number of nitrogens with zero attached hydrogens (tertiary/aromatic N) is 6. The fourth-order valence-electron chi connectivity index (χ4n) is 3.08. The van der Waals surface area contributed by atoms with Crippen LogP contribution in [0, 0.1) is 30.9 Å². The lowest BCUT2D eigenvalue weighted by atomic mass is 10.1. The van der Waals surface area contributed by atoms with Gasteiger partial charge in [-0.1, -0.05) is 0 Å². The maximum Gasteiger partial charge on any atom is 0.390 e. The fourth-order valence-corrected chi connectivity index (χ4v) is 3.37. The second kappa shape index (κ2) is 9.73. The van der Waals surface area contributed by atoms with Crippen molar-refractivity contribution in [2.45, 2.75) is 33.9 Å². The Morgan fingerprint density at radius 1 is 1.28 bits per heavy atom. The molecule has 0 aliphatic rings. The molecule has 0 radical (unpaired) electrons. The molecule has 11 nitrogen and oxygen atoms in total. The SMILES string of the molecule is COc1ccc(/C=N/NC(=O)Cn2nc([N+](=O)[O-])cc2C)cc1Cn1nc(C)c(Br)c1C. The van der Waals surface area contributed by atoms with Crippen molar-refractivity contribution in [3.05, 3.63) is 67.1 Å². The Morgan fingerprint density at radius 2 is 2.03 bits per heavy atom. The van der Waals surface area contributed by atoms with E-state index in [0.717, 1.165) is 27.0 Å². The number of nitro groups is 1. The molecule has 32 heavy (non-hydrogen) atoms. The van der Waals surface area contributed by atoms with E-state index in [2.05, 4.69) is 36.7 Å². The summed E-state index contributed by atoms with van der Waals surface area (Å²) in [5.74, 6) is -0.0478. The number of nitrogens with one attached hydrogen (secondary N) is 1. The number of hydrazone groups is 1. The molecule has 0 atom stereocenters. The van der Waals surface area contributed by atoms with Crippen LogP contribution < -0.4 is 10.2 Å². The normalized spacial score (nSPS) is 11.2. The lowest BCUT2D eigenvalue weighted by Gasteiger charge is -2.11. The number of hydrogen-bond acceptors (Lipinski definition) is 7. The van der Waals surface area contributed by atoms with E-state index >= 15 is 0 Å². The standard InChI is InChI=1S/C20H22BrN7O4/c1-12-7-18(28(30)31)25-26(12)11-19(29)23-22-9-15-5-6-17(32-4)16(8-15)10-27-14(3)20(21)13(2)24-27/h5-9H,10-11H2,1-4H3,(H,23,29)/b22-9+. The molecule has 0 aliphatic carbocycles. The van der Waals surface area contributed by atoms with Crippen LogP contribution in [0.4, 0.5) is 5.82 Å². The van der Waals surface area contributed by atoms with Crippen LogP contribution in [0.25, 0.3) is 0 Å². The lowest BCUT2D eigenvalue weighted by molar-refractivity contribution is -0.389. The Balaban J connectivity index is 1.69. The predicted molar refractivity (Wildman–Crippen MR) is 121 cm³/mol. The lowest BCUT2D eigenvalue weighted by Crippen LogP contribution is -2.24. The Bertz CT molecular complexity index is 1200. The maximum absolute atomic E-state index is 12.1. The van der Waals surface area contributed by atoms with Gasteiger partial charge in [-0.15, -0.1) is 0 Å². The van der Waals surface area contributed by atoms with Crippen molar-refractivity contribution in [3.8, 4) is 5.75 Å². The van der Waals surface area contributed by atoms with Crippen LogP contribution in [0.5, 0.6) is 5.75 Å². The molecule has 1 N–H and O–H groups in total. The number of carbonyl (C=O) groups is 1. The Kier molecular flexibility index (Phi) is 7.03.